The summed E-state index contributed by atoms with van der Waals surface area (Å²) in [5.41, 5.74) is 0.308. The van der Waals surface area contributed by atoms with E-state index in [0.717, 1.165) is 43.6 Å². The molecule has 2 heterocycles. The highest BCUT2D eigenvalue weighted by Crippen LogP contribution is 2.30. The molecular formula is C16H20F3NO2. The summed E-state index contributed by atoms with van der Waals surface area (Å²) in [6.45, 7) is 3.80. The number of piperidine rings is 1. The van der Waals surface area contributed by atoms with Crippen LogP contribution in [0.3, 0.4) is 0 Å². The molecule has 1 aromatic carbocycles. The molecule has 0 amide bonds. The molecule has 0 aromatic heterocycles. The van der Waals surface area contributed by atoms with Gasteiger partial charge in [0.25, 0.3) is 0 Å². The first-order valence-corrected chi connectivity index (χ1v) is 7.64. The van der Waals surface area contributed by atoms with Crippen LogP contribution in [0.4, 0.5) is 13.2 Å². The molecule has 0 bridgehead atoms. The molecule has 122 valence electrons. The molecule has 0 aliphatic carbocycles. The molecule has 6 heteroatoms. The summed E-state index contributed by atoms with van der Waals surface area (Å²) in [6.07, 6.45) is -2.25. The van der Waals surface area contributed by atoms with Crippen LogP contribution in [0.1, 0.15) is 24.0 Å². The summed E-state index contributed by atoms with van der Waals surface area (Å²) < 4.78 is 48.8. The van der Waals surface area contributed by atoms with Crippen LogP contribution in [0.5, 0.6) is 0 Å². The van der Waals surface area contributed by atoms with Gasteiger partial charge in [-0.3, -0.25) is 4.90 Å². The molecule has 1 unspecified atom stereocenters. The van der Waals surface area contributed by atoms with Crippen molar-refractivity contribution >= 4 is 0 Å². The van der Waals surface area contributed by atoms with Crippen molar-refractivity contribution in [3.8, 4) is 0 Å². The van der Waals surface area contributed by atoms with Crippen molar-refractivity contribution in [2.24, 2.45) is 5.92 Å². The van der Waals surface area contributed by atoms with Crippen LogP contribution in [-0.4, -0.2) is 37.5 Å². The summed E-state index contributed by atoms with van der Waals surface area (Å²) in [7, 11) is 0. The Bertz CT molecular complexity index is 483. The Morgan fingerprint density at radius 1 is 1.09 bits per heavy atom. The molecule has 0 saturated carbocycles. The molecule has 0 N–H and O–H groups in total. The Labute approximate surface area is 128 Å². The maximum Gasteiger partial charge on any atom is 0.416 e. The molecule has 0 spiro atoms. The molecule has 3 rings (SSSR count). The van der Waals surface area contributed by atoms with E-state index in [9.17, 15) is 13.2 Å². The lowest BCUT2D eigenvalue weighted by molar-refractivity contribution is -0.137. The zero-order valence-corrected chi connectivity index (χ0v) is 12.3. The van der Waals surface area contributed by atoms with Crippen LogP contribution < -0.4 is 0 Å². The van der Waals surface area contributed by atoms with Crippen molar-refractivity contribution < 1.29 is 22.6 Å². The number of ether oxygens (including phenoxy) is 2. The smallest absolute Gasteiger partial charge is 0.350 e. The minimum absolute atomic E-state index is 0.115. The highest BCUT2D eigenvalue weighted by Gasteiger charge is 2.32. The number of likely N-dealkylation sites (tertiary alicyclic amines) is 1. The monoisotopic (exact) mass is 315 g/mol. The molecular weight excluding hydrogens is 295 g/mol. The van der Waals surface area contributed by atoms with Gasteiger partial charge in [-0.1, -0.05) is 12.1 Å². The molecule has 2 aliphatic rings. The third kappa shape index (κ3) is 3.80. The van der Waals surface area contributed by atoms with E-state index in [1.54, 1.807) is 12.1 Å². The SMILES string of the molecule is FC(F)(F)c1ccc(CN2CCCC(C3OCCO3)C2)cc1. The maximum atomic E-state index is 12.6. The largest absolute Gasteiger partial charge is 0.416 e. The number of alkyl halides is 3. The van der Waals surface area contributed by atoms with Gasteiger partial charge in [-0.15, -0.1) is 0 Å². The van der Waals surface area contributed by atoms with Gasteiger partial charge in [0.1, 0.15) is 0 Å². The van der Waals surface area contributed by atoms with Crippen LogP contribution in [-0.2, 0) is 22.2 Å². The summed E-state index contributed by atoms with van der Waals surface area (Å²) in [6, 6.07) is 5.43. The standard InChI is InChI=1S/C16H20F3NO2/c17-16(18,19)14-5-3-12(4-6-14)10-20-7-1-2-13(11-20)15-21-8-9-22-15/h3-6,13,15H,1-2,7-11H2. The maximum absolute atomic E-state index is 12.6. The molecule has 3 nitrogen and oxygen atoms in total. The normalized spacial score (nSPS) is 24.8. The number of nitrogens with zero attached hydrogens (tertiary/aromatic N) is 1. The van der Waals surface area contributed by atoms with Crippen molar-refractivity contribution in [2.75, 3.05) is 26.3 Å². The average molecular weight is 315 g/mol. The number of benzene rings is 1. The van der Waals surface area contributed by atoms with Crippen molar-refractivity contribution in [3.05, 3.63) is 35.4 Å². The van der Waals surface area contributed by atoms with Crippen molar-refractivity contribution in [1.82, 2.24) is 4.90 Å². The highest BCUT2D eigenvalue weighted by atomic mass is 19.4. The van der Waals surface area contributed by atoms with E-state index < -0.39 is 11.7 Å². The molecule has 0 radical (unpaired) electrons. The predicted octanol–water partition coefficient (Wildman–Crippen LogP) is 3.29. The van der Waals surface area contributed by atoms with E-state index in [-0.39, 0.29) is 6.29 Å². The minimum atomic E-state index is -4.27. The first-order chi connectivity index (χ1) is 10.5. The lowest BCUT2D eigenvalue weighted by Crippen LogP contribution is -2.40. The van der Waals surface area contributed by atoms with Gasteiger partial charge in [0.2, 0.25) is 0 Å². The zero-order valence-electron chi connectivity index (χ0n) is 12.3. The van der Waals surface area contributed by atoms with Gasteiger partial charge in [0.05, 0.1) is 18.8 Å². The Morgan fingerprint density at radius 2 is 1.77 bits per heavy atom. The van der Waals surface area contributed by atoms with E-state index in [4.69, 9.17) is 9.47 Å². The third-order valence-corrected chi connectivity index (χ3v) is 4.26. The number of hydrogen-bond donors (Lipinski definition) is 0. The summed E-state index contributed by atoms with van der Waals surface area (Å²) in [5.74, 6) is 0.352. The Morgan fingerprint density at radius 3 is 2.41 bits per heavy atom. The molecule has 1 aromatic rings. The van der Waals surface area contributed by atoms with Crippen molar-refractivity contribution in [2.45, 2.75) is 31.9 Å². The van der Waals surface area contributed by atoms with Crippen LogP contribution in [0, 0.1) is 5.92 Å². The Kier molecular flexibility index (Phi) is 4.70. The first-order valence-electron chi connectivity index (χ1n) is 7.64. The zero-order chi connectivity index (χ0) is 15.6. The number of hydrogen-bond acceptors (Lipinski definition) is 3. The fourth-order valence-electron chi connectivity index (χ4n) is 3.16. The van der Waals surface area contributed by atoms with Crippen molar-refractivity contribution in [1.29, 1.82) is 0 Å². The van der Waals surface area contributed by atoms with Gasteiger partial charge >= 0.3 is 6.18 Å². The van der Waals surface area contributed by atoms with Gasteiger partial charge < -0.3 is 9.47 Å². The van der Waals surface area contributed by atoms with Crippen LogP contribution >= 0.6 is 0 Å². The summed E-state index contributed by atoms with van der Waals surface area (Å²) in [5, 5.41) is 0. The number of rotatable bonds is 3. The van der Waals surface area contributed by atoms with E-state index in [2.05, 4.69) is 4.90 Å². The third-order valence-electron chi connectivity index (χ3n) is 4.26. The first kappa shape index (κ1) is 15.8. The second kappa shape index (κ2) is 6.56. The second-order valence-electron chi connectivity index (χ2n) is 5.94. The molecule has 2 fully saturated rings. The second-order valence-corrected chi connectivity index (χ2v) is 5.94. The fraction of sp³-hybridized carbons (Fsp3) is 0.625. The lowest BCUT2D eigenvalue weighted by atomic mass is 9.97. The van der Waals surface area contributed by atoms with E-state index in [1.807, 2.05) is 0 Å². The Balaban J connectivity index is 1.58. The minimum Gasteiger partial charge on any atom is -0.350 e. The van der Waals surface area contributed by atoms with Crippen molar-refractivity contribution in [3.63, 3.8) is 0 Å². The van der Waals surface area contributed by atoms with E-state index in [1.165, 1.54) is 0 Å². The molecule has 1 atom stereocenters. The van der Waals surface area contributed by atoms with Gasteiger partial charge in [-0.05, 0) is 37.1 Å². The quantitative estimate of drug-likeness (QED) is 0.854. The Hall–Kier alpha value is -1.11. The van der Waals surface area contributed by atoms with Crippen LogP contribution in [0.2, 0.25) is 0 Å². The topological polar surface area (TPSA) is 21.7 Å². The molecule has 2 saturated heterocycles. The van der Waals surface area contributed by atoms with Gasteiger partial charge in [-0.2, -0.15) is 13.2 Å². The van der Waals surface area contributed by atoms with Gasteiger partial charge in [-0.25, -0.2) is 0 Å². The van der Waals surface area contributed by atoms with Crippen LogP contribution in [0.25, 0.3) is 0 Å². The van der Waals surface area contributed by atoms with Crippen LogP contribution in [0.15, 0.2) is 24.3 Å². The van der Waals surface area contributed by atoms with Gasteiger partial charge in [0, 0.05) is 19.0 Å². The lowest BCUT2D eigenvalue weighted by Gasteiger charge is -2.34. The van der Waals surface area contributed by atoms with E-state index >= 15 is 0 Å². The average Bonchev–Trinajstić information content (AvgIpc) is 3.01. The highest BCUT2D eigenvalue weighted by molar-refractivity contribution is 5.24. The van der Waals surface area contributed by atoms with E-state index in [0.29, 0.717) is 25.7 Å². The predicted molar refractivity (Wildman–Crippen MR) is 75.1 cm³/mol. The molecule has 2 aliphatic heterocycles. The molecule has 22 heavy (non-hydrogen) atoms. The fourth-order valence-corrected chi connectivity index (χ4v) is 3.16. The number of halogens is 3. The summed E-state index contributed by atoms with van der Waals surface area (Å²) in [4.78, 5) is 2.27. The van der Waals surface area contributed by atoms with Gasteiger partial charge in [0.15, 0.2) is 6.29 Å². The summed E-state index contributed by atoms with van der Waals surface area (Å²) >= 11 is 0.